The standard InChI is InChI=1S/C15H17N5O3/c1-15(2,3)14-17-18-19-20(14)7-11(21)9-4-5-12-10(6-9)16-13(22)8-23-12/h4-6H,7-8H2,1-3H3,(H,16,22). The van der Waals surface area contributed by atoms with Gasteiger partial charge in [-0.3, -0.25) is 9.59 Å². The van der Waals surface area contributed by atoms with Crippen molar-refractivity contribution in [2.45, 2.75) is 32.7 Å². The number of nitrogens with one attached hydrogen (secondary N) is 1. The van der Waals surface area contributed by atoms with Crippen LogP contribution in [0, 0.1) is 0 Å². The van der Waals surface area contributed by atoms with E-state index in [0.29, 0.717) is 22.8 Å². The molecule has 0 spiro atoms. The number of rotatable bonds is 3. The van der Waals surface area contributed by atoms with Gasteiger partial charge >= 0.3 is 0 Å². The summed E-state index contributed by atoms with van der Waals surface area (Å²) in [6.45, 7) is 5.95. The maximum absolute atomic E-state index is 12.5. The number of hydrogen-bond donors (Lipinski definition) is 1. The molecule has 8 heteroatoms. The lowest BCUT2D eigenvalue weighted by atomic mass is 9.96. The highest BCUT2D eigenvalue weighted by molar-refractivity contribution is 6.00. The molecule has 0 saturated carbocycles. The van der Waals surface area contributed by atoms with E-state index in [-0.39, 0.29) is 30.3 Å². The van der Waals surface area contributed by atoms with Crippen LogP contribution < -0.4 is 10.1 Å². The van der Waals surface area contributed by atoms with Gasteiger partial charge in [0, 0.05) is 11.0 Å². The van der Waals surface area contributed by atoms with E-state index in [1.807, 2.05) is 20.8 Å². The van der Waals surface area contributed by atoms with Crippen LogP contribution in [-0.2, 0) is 16.8 Å². The monoisotopic (exact) mass is 315 g/mol. The number of benzene rings is 1. The Morgan fingerprint density at radius 2 is 2.17 bits per heavy atom. The fourth-order valence-corrected chi connectivity index (χ4v) is 2.33. The molecule has 0 unspecified atom stereocenters. The lowest BCUT2D eigenvalue weighted by Gasteiger charge is -2.19. The minimum absolute atomic E-state index is 0.0140. The fraction of sp³-hybridized carbons (Fsp3) is 0.400. The maximum Gasteiger partial charge on any atom is 0.262 e. The second kappa shape index (κ2) is 5.45. The van der Waals surface area contributed by atoms with Crippen LogP contribution in [0.3, 0.4) is 0 Å². The summed E-state index contributed by atoms with van der Waals surface area (Å²) in [5.41, 5.74) is 0.700. The Morgan fingerprint density at radius 1 is 1.39 bits per heavy atom. The third-order valence-electron chi connectivity index (χ3n) is 3.43. The van der Waals surface area contributed by atoms with Crippen LogP contribution in [-0.4, -0.2) is 38.5 Å². The molecule has 0 saturated heterocycles. The summed E-state index contributed by atoms with van der Waals surface area (Å²) in [5.74, 6) is 0.808. The van der Waals surface area contributed by atoms with Gasteiger partial charge in [0.1, 0.15) is 12.3 Å². The molecule has 120 valence electrons. The zero-order valence-electron chi connectivity index (χ0n) is 13.2. The van der Waals surface area contributed by atoms with Crippen molar-refractivity contribution in [2.75, 3.05) is 11.9 Å². The summed E-state index contributed by atoms with van der Waals surface area (Å²) >= 11 is 0. The van der Waals surface area contributed by atoms with Gasteiger partial charge in [0.2, 0.25) is 0 Å². The number of anilines is 1. The minimum Gasteiger partial charge on any atom is -0.482 e. The van der Waals surface area contributed by atoms with Crippen LogP contribution in [0.25, 0.3) is 0 Å². The first-order valence-corrected chi connectivity index (χ1v) is 7.21. The van der Waals surface area contributed by atoms with E-state index in [1.165, 1.54) is 4.68 Å². The van der Waals surface area contributed by atoms with Crippen LogP contribution in [0.5, 0.6) is 5.75 Å². The highest BCUT2D eigenvalue weighted by Crippen LogP contribution is 2.28. The molecule has 8 nitrogen and oxygen atoms in total. The highest BCUT2D eigenvalue weighted by atomic mass is 16.5. The van der Waals surface area contributed by atoms with Gasteiger partial charge in [0.25, 0.3) is 5.91 Å². The molecular formula is C15H17N5O3. The topological polar surface area (TPSA) is 99.0 Å². The van der Waals surface area contributed by atoms with Crippen molar-refractivity contribution in [3.05, 3.63) is 29.6 Å². The number of nitrogens with zero attached hydrogens (tertiary/aromatic N) is 4. The van der Waals surface area contributed by atoms with E-state index in [2.05, 4.69) is 20.8 Å². The molecule has 1 amide bonds. The number of aromatic nitrogens is 4. The third kappa shape index (κ3) is 3.05. The van der Waals surface area contributed by atoms with E-state index in [4.69, 9.17) is 4.74 Å². The van der Waals surface area contributed by atoms with E-state index in [9.17, 15) is 9.59 Å². The van der Waals surface area contributed by atoms with Crippen LogP contribution >= 0.6 is 0 Å². The van der Waals surface area contributed by atoms with Gasteiger partial charge in [-0.25, -0.2) is 4.68 Å². The first kappa shape index (κ1) is 15.1. The molecule has 0 aliphatic carbocycles. The molecule has 1 N–H and O–H groups in total. The average Bonchev–Trinajstić information content (AvgIpc) is 2.94. The normalized spacial score (nSPS) is 14.0. The Bertz CT molecular complexity index is 776. The number of Topliss-reactive ketones (excluding diaryl/α,β-unsaturated/α-hetero) is 1. The molecule has 3 rings (SSSR count). The van der Waals surface area contributed by atoms with E-state index >= 15 is 0 Å². The molecule has 2 aromatic rings. The summed E-state index contributed by atoms with van der Waals surface area (Å²) in [4.78, 5) is 23.9. The molecule has 1 aliphatic rings. The average molecular weight is 315 g/mol. The molecule has 1 aromatic heterocycles. The Balaban J connectivity index is 1.83. The Morgan fingerprint density at radius 3 is 2.91 bits per heavy atom. The predicted molar refractivity (Wildman–Crippen MR) is 81.4 cm³/mol. The van der Waals surface area contributed by atoms with Crippen molar-refractivity contribution in [3.8, 4) is 5.75 Å². The van der Waals surface area contributed by atoms with E-state index < -0.39 is 0 Å². The van der Waals surface area contributed by atoms with Gasteiger partial charge in [-0.2, -0.15) is 0 Å². The minimum atomic E-state index is -0.262. The van der Waals surface area contributed by atoms with Gasteiger partial charge < -0.3 is 10.1 Å². The molecule has 1 aromatic carbocycles. The molecular weight excluding hydrogens is 298 g/mol. The van der Waals surface area contributed by atoms with Crippen molar-refractivity contribution in [3.63, 3.8) is 0 Å². The van der Waals surface area contributed by atoms with E-state index in [0.717, 1.165) is 0 Å². The fourth-order valence-electron chi connectivity index (χ4n) is 2.33. The summed E-state index contributed by atoms with van der Waals surface area (Å²) in [6, 6.07) is 4.95. The van der Waals surface area contributed by atoms with Crippen LogP contribution in [0.1, 0.15) is 37.0 Å². The van der Waals surface area contributed by atoms with Gasteiger partial charge in [-0.1, -0.05) is 20.8 Å². The zero-order chi connectivity index (χ0) is 16.6. The lowest BCUT2D eigenvalue weighted by Crippen LogP contribution is -2.26. The molecule has 0 fully saturated rings. The molecule has 1 aliphatic heterocycles. The highest BCUT2D eigenvalue weighted by Gasteiger charge is 2.24. The number of amides is 1. The third-order valence-corrected chi connectivity index (χ3v) is 3.43. The van der Waals surface area contributed by atoms with Crippen molar-refractivity contribution < 1.29 is 14.3 Å². The van der Waals surface area contributed by atoms with Crippen molar-refractivity contribution in [1.29, 1.82) is 0 Å². The van der Waals surface area contributed by atoms with Crippen LogP contribution in [0.4, 0.5) is 5.69 Å². The Kier molecular flexibility index (Phi) is 3.59. The summed E-state index contributed by atoms with van der Waals surface area (Å²) in [7, 11) is 0. The molecule has 0 bridgehead atoms. The van der Waals surface area contributed by atoms with Gasteiger partial charge in [0.15, 0.2) is 18.2 Å². The van der Waals surface area contributed by atoms with Crippen molar-refractivity contribution in [1.82, 2.24) is 20.2 Å². The van der Waals surface area contributed by atoms with Crippen LogP contribution in [0.2, 0.25) is 0 Å². The summed E-state index contributed by atoms with van der Waals surface area (Å²) < 4.78 is 6.78. The molecule has 0 atom stereocenters. The number of carbonyl (C=O) groups is 2. The van der Waals surface area contributed by atoms with E-state index in [1.54, 1.807) is 18.2 Å². The SMILES string of the molecule is CC(C)(C)c1nnnn1CC(=O)c1ccc2c(c1)NC(=O)CO2. The second-order valence-electron chi connectivity index (χ2n) is 6.38. The second-order valence-corrected chi connectivity index (χ2v) is 6.38. The summed E-state index contributed by atoms with van der Waals surface area (Å²) in [5, 5.41) is 14.2. The van der Waals surface area contributed by atoms with Crippen molar-refractivity contribution in [2.24, 2.45) is 0 Å². The van der Waals surface area contributed by atoms with Crippen molar-refractivity contribution >= 4 is 17.4 Å². The Hall–Kier alpha value is -2.77. The zero-order valence-corrected chi connectivity index (χ0v) is 13.2. The number of ether oxygens (including phenoxy) is 1. The molecule has 23 heavy (non-hydrogen) atoms. The maximum atomic E-state index is 12.5. The number of carbonyl (C=O) groups excluding carboxylic acids is 2. The molecule has 0 radical (unpaired) electrons. The van der Waals surface area contributed by atoms with Gasteiger partial charge in [-0.15, -0.1) is 5.10 Å². The number of tetrazole rings is 1. The number of hydrogen-bond acceptors (Lipinski definition) is 6. The number of fused-ring (bicyclic) bond motifs is 1. The molecule has 2 heterocycles. The first-order valence-electron chi connectivity index (χ1n) is 7.21. The Labute approximate surface area is 132 Å². The summed E-state index contributed by atoms with van der Waals surface area (Å²) in [6.07, 6.45) is 0. The van der Waals surface area contributed by atoms with Crippen LogP contribution in [0.15, 0.2) is 18.2 Å². The number of ketones is 1. The van der Waals surface area contributed by atoms with Gasteiger partial charge in [-0.05, 0) is 28.6 Å². The van der Waals surface area contributed by atoms with Gasteiger partial charge in [0.05, 0.1) is 5.69 Å². The quantitative estimate of drug-likeness (QED) is 0.854. The first-order chi connectivity index (χ1) is 10.8. The largest absolute Gasteiger partial charge is 0.482 e. The smallest absolute Gasteiger partial charge is 0.262 e. The predicted octanol–water partition coefficient (Wildman–Crippen LogP) is 1.18. The lowest BCUT2D eigenvalue weighted by molar-refractivity contribution is -0.118.